The maximum atomic E-state index is 11.8. The number of oxazole rings is 1. The van der Waals surface area contributed by atoms with E-state index in [-0.39, 0.29) is 0 Å². The molecule has 1 heterocycles. The molecule has 0 unspecified atom stereocenters. The number of aliphatic carboxylic acids is 1. The highest BCUT2D eigenvalue weighted by molar-refractivity contribution is 6.34. The van der Waals surface area contributed by atoms with E-state index < -0.39 is 11.4 Å². The summed E-state index contributed by atoms with van der Waals surface area (Å²) in [6.45, 7) is 0. The molecule has 1 aromatic carbocycles. The topological polar surface area (TPSA) is 63.3 Å². The summed E-state index contributed by atoms with van der Waals surface area (Å²) in [4.78, 5) is 16.2. The third kappa shape index (κ3) is 2.77. The van der Waals surface area contributed by atoms with Crippen LogP contribution >= 0.6 is 11.6 Å². The molecule has 1 aliphatic rings. The average molecular weight is 308 g/mol. The van der Waals surface area contributed by atoms with Crippen LogP contribution in [0.3, 0.4) is 0 Å². The minimum absolute atomic E-state index is 0.341. The highest BCUT2D eigenvalue weighted by Gasteiger charge is 2.40. The SMILES string of the molecule is O=C(O)C1(Cc2nc3cccc(Cl)c3o2)CCCCCC1. The molecule has 0 bridgehead atoms. The van der Waals surface area contributed by atoms with Crippen molar-refractivity contribution in [1.82, 2.24) is 4.98 Å². The van der Waals surface area contributed by atoms with Crippen LogP contribution in [0.4, 0.5) is 0 Å². The predicted molar refractivity (Wildman–Crippen MR) is 80.5 cm³/mol. The summed E-state index contributed by atoms with van der Waals surface area (Å²) in [5.41, 5.74) is 0.485. The number of benzene rings is 1. The van der Waals surface area contributed by atoms with E-state index in [1.807, 2.05) is 12.1 Å². The van der Waals surface area contributed by atoms with Crippen molar-refractivity contribution in [3.8, 4) is 0 Å². The zero-order chi connectivity index (χ0) is 14.9. The zero-order valence-electron chi connectivity index (χ0n) is 11.8. The molecule has 0 radical (unpaired) electrons. The number of aromatic nitrogens is 1. The van der Waals surface area contributed by atoms with Crippen molar-refractivity contribution in [1.29, 1.82) is 0 Å². The molecule has 1 saturated carbocycles. The van der Waals surface area contributed by atoms with Crippen molar-refractivity contribution in [3.63, 3.8) is 0 Å². The van der Waals surface area contributed by atoms with E-state index in [4.69, 9.17) is 16.0 Å². The number of rotatable bonds is 3. The number of carbonyl (C=O) groups is 1. The van der Waals surface area contributed by atoms with E-state index in [0.29, 0.717) is 41.3 Å². The molecule has 1 N–H and O–H groups in total. The van der Waals surface area contributed by atoms with Crippen molar-refractivity contribution in [2.24, 2.45) is 5.41 Å². The minimum Gasteiger partial charge on any atom is -0.481 e. The predicted octanol–water partition coefficient (Wildman–Crippen LogP) is 4.45. The Bertz CT molecular complexity index is 657. The van der Waals surface area contributed by atoms with E-state index in [2.05, 4.69) is 4.98 Å². The van der Waals surface area contributed by atoms with Crippen molar-refractivity contribution >= 4 is 28.7 Å². The van der Waals surface area contributed by atoms with Gasteiger partial charge in [-0.3, -0.25) is 4.79 Å². The molecule has 1 aromatic heterocycles. The highest BCUT2D eigenvalue weighted by atomic mass is 35.5. The Balaban J connectivity index is 1.94. The Labute approximate surface area is 128 Å². The van der Waals surface area contributed by atoms with Crippen LogP contribution in [0.2, 0.25) is 5.02 Å². The van der Waals surface area contributed by atoms with Gasteiger partial charge in [0.05, 0.1) is 10.4 Å². The molecule has 1 fully saturated rings. The lowest BCUT2D eigenvalue weighted by atomic mass is 9.77. The standard InChI is InChI=1S/C16H18ClNO3/c17-11-6-5-7-12-14(11)21-13(18-12)10-16(15(19)20)8-3-1-2-4-9-16/h5-7H,1-4,8-10H2,(H,19,20). The van der Waals surface area contributed by atoms with Crippen molar-refractivity contribution in [2.75, 3.05) is 0 Å². The molecule has 0 aliphatic heterocycles. The summed E-state index contributed by atoms with van der Waals surface area (Å²) in [6, 6.07) is 5.39. The van der Waals surface area contributed by atoms with Gasteiger partial charge >= 0.3 is 5.97 Å². The van der Waals surface area contributed by atoms with E-state index in [9.17, 15) is 9.90 Å². The lowest BCUT2D eigenvalue weighted by Gasteiger charge is -2.26. The van der Waals surface area contributed by atoms with Gasteiger partial charge in [-0.1, -0.05) is 43.4 Å². The number of carboxylic acids is 1. The fourth-order valence-electron chi connectivity index (χ4n) is 3.20. The molecule has 0 spiro atoms. The Morgan fingerprint density at radius 3 is 2.62 bits per heavy atom. The first-order valence-electron chi connectivity index (χ1n) is 7.38. The Kier molecular flexibility index (Phi) is 3.89. The number of carboxylic acid groups (broad SMARTS) is 1. The van der Waals surface area contributed by atoms with Gasteiger partial charge in [-0.2, -0.15) is 0 Å². The number of halogens is 1. The number of fused-ring (bicyclic) bond motifs is 1. The van der Waals surface area contributed by atoms with Crippen LogP contribution in [-0.2, 0) is 11.2 Å². The molecule has 1 aliphatic carbocycles. The van der Waals surface area contributed by atoms with Gasteiger partial charge in [-0.15, -0.1) is 0 Å². The third-order valence-corrected chi connectivity index (χ3v) is 4.71. The normalized spacial score (nSPS) is 18.5. The van der Waals surface area contributed by atoms with Gasteiger partial charge in [0.15, 0.2) is 11.5 Å². The van der Waals surface area contributed by atoms with Gasteiger partial charge in [-0.25, -0.2) is 4.98 Å². The number of para-hydroxylation sites is 1. The average Bonchev–Trinajstić information content (AvgIpc) is 2.70. The summed E-state index contributed by atoms with van der Waals surface area (Å²) < 4.78 is 5.71. The molecule has 2 aromatic rings. The van der Waals surface area contributed by atoms with Gasteiger partial charge in [0.1, 0.15) is 5.52 Å². The largest absolute Gasteiger partial charge is 0.481 e. The number of hydrogen-bond donors (Lipinski definition) is 1. The Hall–Kier alpha value is -1.55. The highest BCUT2D eigenvalue weighted by Crippen LogP contribution is 2.39. The second-order valence-corrected chi connectivity index (χ2v) is 6.28. The molecular weight excluding hydrogens is 290 g/mol. The maximum absolute atomic E-state index is 11.8. The van der Waals surface area contributed by atoms with E-state index in [0.717, 1.165) is 25.7 Å². The maximum Gasteiger partial charge on any atom is 0.310 e. The molecule has 0 atom stereocenters. The van der Waals surface area contributed by atoms with Crippen LogP contribution < -0.4 is 0 Å². The van der Waals surface area contributed by atoms with E-state index in [1.165, 1.54) is 0 Å². The summed E-state index contributed by atoms with van der Waals surface area (Å²) in [6.07, 6.45) is 5.83. The molecular formula is C16H18ClNO3. The molecule has 112 valence electrons. The van der Waals surface area contributed by atoms with Crippen LogP contribution in [0.5, 0.6) is 0 Å². The monoisotopic (exact) mass is 307 g/mol. The summed E-state index contributed by atoms with van der Waals surface area (Å²) in [7, 11) is 0. The van der Waals surface area contributed by atoms with Gasteiger partial charge in [0.2, 0.25) is 0 Å². The Morgan fingerprint density at radius 1 is 1.29 bits per heavy atom. The molecule has 21 heavy (non-hydrogen) atoms. The first-order chi connectivity index (χ1) is 10.1. The lowest BCUT2D eigenvalue weighted by Crippen LogP contribution is -2.33. The lowest BCUT2D eigenvalue weighted by molar-refractivity contribution is -0.150. The van der Waals surface area contributed by atoms with Crippen LogP contribution in [0, 0.1) is 5.41 Å². The quantitative estimate of drug-likeness (QED) is 0.851. The van der Waals surface area contributed by atoms with Gasteiger partial charge in [-0.05, 0) is 25.0 Å². The fourth-order valence-corrected chi connectivity index (χ4v) is 3.41. The van der Waals surface area contributed by atoms with Gasteiger partial charge in [0, 0.05) is 6.42 Å². The molecule has 0 saturated heterocycles. The van der Waals surface area contributed by atoms with Crippen LogP contribution in [0.1, 0.15) is 44.4 Å². The molecule has 3 rings (SSSR count). The van der Waals surface area contributed by atoms with Crippen LogP contribution in [-0.4, -0.2) is 16.1 Å². The van der Waals surface area contributed by atoms with Gasteiger partial charge < -0.3 is 9.52 Å². The summed E-state index contributed by atoms with van der Waals surface area (Å²) >= 11 is 6.09. The van der Waals surface area contributed by atoms with Crippen LogP contribution in [0.15, 0.2) is 22.6 Å². The second kappa shape index (κ2) is 5.68. The van der Waals surface area contributed by atoms with Crippen molar-refractivity contribution in [3.05, 3.63) is 29.1 Å². The Morgan fingerprint density at radius 2 is 2.00 bits per heavy atom. The second-order valence-electron chi connectivity index (χ2n) is 5.87. The molecule has 5 heteroatoms. The number of nitrogens with zero attached hydrogens (tertiary/aromatic N) is 1. The first kappa shape index (κ1) is 14.4. The van der Waals surface area contributed by atoms with E-state index >= 15 is 0 Å². The molecule has 0 amide bonds. The van der Waals surface area contributed by atoms with E-state index in [1.54, 1.807) is 6.07 Å². The zero-order valence-corrected chi connectivity index (χ0v) is 12.5. The van der Waals surface area contributed by atoms with Crippen molar-refractivity contribution in [2.45, 2.75) is 44.9 Å². The fraction of sp³-hybridized carbons (Fsp3) is 0.500. The first-order valence-corrected chi connectivity index (χ1v) is 7.76. The molecule has 4 nitrogen and oxygen atoms in total. The van der Waals surface area contributed by atoms with Gasteiger partial charge in [0.25, 0.3) is 0 Å². The number of hydrogen-bond acceptors (Lipinski definition) is 3. The third-order valence-electron chi connectivity index (χ3n) is 4.42. The van der Waals surface area contributed by atoms with Crippen molar-refractivity contribution < 1.29 is 14.3 Å². The summed E-state index contributed by atoms with van der Waals surface area (Å²) in [5.74, 6) is -0.264. The summed E-state index contributed by atoms with van der Waals surface area (Å²) in [5, 5.41) is 10.2. The van der Waals surface area contributed by atoms with Crippen LogP contribution in [0.25, 0.3) is 11.1 Å². The smallest absolute Gasteiger partial charge is 0.310 e. The minimum atomic E-state index is -0.746.